The summed E-state index contributed by atoms with van der Waals surface area (Å²) in [5, 5.41) is 3.59. The summed E-state index contributed by atoms with van der Waals surface area (Å²) < 4.78 is 18.2. The van der Waals surface area contributed by atoms with Crippen molar-refractivity contribution in [2.24, 2.45) is 5.41 Å². The van der Waals surface area contributed by atoms with E-state index in [1.807, 2.05) is 0 Å². The van der Waals surface area contributed by atoms with E-state index in [1.165, 1.54) is 12.1 Å². The van der Waals surface area contributed by atoms with Crippen LogP contribution < -0.4 is 10.1 Å². The molecule has 96 valence electrons. The molecule has 0 atom stereocenters. The molecule has 0 amide bonds. The maximum absolute atomic E-state index is 12.8. The van der Waals surface area contributed by atoms with E-state index >= 15 is 0 Å². The molecule has 1 N–H and O–H groups in total. The van der Waals surface area contributed by atoms with Gasteiger partial charge in [-0.3, -0.25) is 0 Å². The third-order valence-corrected chi connectivity index (χ3v) is 2.38. The number of benzene rings is 1. The molecule has 2 nitrogen and oxygen atoms in total. The Bertz CT molecular complexity index is 363. The van der Waals surface area contributed by atoms with Crippen LogP contribution in [0.15, 0.2) is 18.2 Å². The topological polar surface area (TPSA) is 21.3 Å². The minimum atomic E-state index is -0.354. The predicted molar refractivity (Wildman–Crippen MR) is 69.2 cm³/mol. The summed E-state index contributed by atoms with van der Waals surface area (Å²) in [6.45, 7) is 8.67. The Hall–Kier alpha value is -0.800. The van der Waals surface area contributed by atoms with Gasteiger partial charge in [-0.05, 0) is 23.6 Å². The van der Waals surface area contributed by atoms with Crippen LogP contribution >= 0.6 is 11.6 Å². The maximum Gasteiger partial charge on any atom is 0.138 e. The summed E-state index contributed by atoms with van der Waals surface area (Å²) in [6.07, 6.45) is 0. The van der Waals surface area contributed by atoms with Crippen molar-refractivity contribution in [3.8, 4) is 5.75 Å². The van der Waals surface area contributed by atoms with E-state index in [0.717, 1.165) is 13.1 Å². The first-order chi connectivity index (χ1) is 7.88. The molecule has 0 saturated heterocycles. The van der Waals surface area contributed by atoms with Gasteiger partial charge in [-0.15, -0.1) is 0 Å². The van der Waals surface area contributed by atoms with E-state index in [0.29, 0.717) is 17.4 Å². The molecule has 0 radical (unpaired) electrons. The monoisotopic (exact) mass is 259 g/mol. The van der Waals surface area contributed by atoms with Crippen LogP contribution in [0, 0.1) is 11.2 Å². The Morgan fingerprint density at radius 2 is 2.06 bits per heavy atom. The van der Waals surface area contributed by atoms with Crippen molar-refractivity contribution in [1.29, 1.82) is 0 Å². The normalized spacial score (nSPS) is 11.6. The molecule has 0 aliphatic carbocycles. The van der Waals surface area contributed by atoms with Gasteiger partial charge in [0.1, 0.15) is 18.2 Å². The van der Waals surface area contributed by atoms with Gasteiger partial charge in [-0.25, -0.2) is 4.39 Å². The van der Waals surface area contributed by atoms with Crippen molar-refractivity contribution in [2.45, 2.75) is 20.8 Å². The molecule has 0 fully saturated rings. The first-order valence-electron chi connectivity index (χ1n) is 5.67. The lowest BCUT2D eigenvalue weighted by atomic mass is 9.97. The molecule has 4 heteroatoms. The first-order valence-corrected chi connectivity index (χ1v) is 6.05. The molecule has 0 aliphatic rings. The Labute approximate surface area is 107 Å². The van der Waals surface area contributed by atoms with E-state index in [4.69, 9.17) is 16.3 Å². The molecule has 0 heterocycles. The second-order valence-electron chi connectivity index (χ2n) is 5.16. The van der Waals surface area contributed by atoms with Gasteiger partial charge in [0.2, 0.25) is 0 Å². The molecule has 17 heavy (non-hydrogen) atoms. The molecule has 1 aromatic rings. The van der Waals surface area contributed by atoms with Crippen LogP contribution in [0.25, 0.3) is 0 Å². The van der Waals surface area contributed by atoms with Gasteiger partial charge in [-0.2, -0.15) is 0 Å². The minimum absolute atomic E-state index is 0.257. The van der Waals surface area contributed by atoms with Crippen LogP contribution in [0.5, 0.6) is 5.75 Å². The van der Waals surface area contributed by atoms with Crippen LogP contribution in [0.2, 0.25) is 5.02 Å². The molecule has 0 spiro atoms. The van der Waals surface area contributed by atoms with E-state index in [9.17, 15) is 4.39 Å². The maximum atomic E-state index is 12.8. The highest BCUT2D eigenvalue weighted by molar-refractivity contribution is 6.32. The molecule has 1 aromatic carbocycles. The SMILES string of the molecule is CC(C)(C)CNCCOc1ccc(F)cc1Cl. The van der Waals surface area contributed by atoms with Gasteiger partial charge in [-0.1, -0.05) is 32.4 Å². The predicted octanol–water partition coefficient (Wildman–Crippen LogP) is 3.49. The average Bonchev–Trinajstić information content (AvgIpc) is 2.18. The minimum Gasteiger partial charge on any atom is -0.491 e. The molecule has 0 unspecified atom stereocenters. The second kappa shape index (κ2) is 6.22. The largest absolute Gasteiger partial charge is 0.491 e. The fraction of sp³-hybridized carbons (Fsp3) is 0.538. The number of halogens is 2. The highest BCUT2D eigenvalue weighted by Gasteiger charge is 2.08. The van der Waals surface area contributed by atoms with Gasteiger partial charge in [0.05, 0.1) is 5.02 Å². The van der Waals surface area contributed by atoms with Crippen LogP contribution in [0.3, 0.4) is 0 Å². The van der Waals surface area contributed by atoms with Crippen molar-refractivity contribution in [1.82, 2.24) is 5.32 Å². The highest BCUT2D eigenvalue weighted by Crippen LogP contribution is 2.24. The molecule has 0 saturated carbocycles. The lowest BCUT2D eigenvalue weighted by Gasteiger charge is -2.18. The van der Waals surface area contributed by atoms with Crippen molar-refractivity contribution in [3.05, 3.63) is 29.0 Å². The summed E-state index contributed by atoms with van der Waals surface area (Å²) in [5.74, 6) is 0.166. The Kier molecular flexibility index (Phi) is 5.22. The fourth-order valence-corrected chi connectivity index (χ4v) is 1.51. The van der Waals surface area contributed by atoms with E-state index in [-0.39, 0.29) is 11.2 Å². The zero-order chi connectivity index (χ0) is 12.9. The average molecular weight is 260 g/mol. The smallest absolute Gasteiger partial charge is 0.138 e. The highest BCUT2D eigenvalue weighted by atomic mass is 35.5. The van der Waals surface area contributed by atoms with Gasteiger partial charge in [0, 0.05) is 13.1 Å². The molecular weight excluding hydrogens is 241 g/mol. The molecule has 0 aromatic heterocycles. The molecule has 1 rings (SSSR count). The fourth-order valence-electron chi connectivity index (χ4n) is 1.29. The summed E-state index contributed by atoms with van der Waals surface area (Å²) in [4.78, 5) is 0. The number of nitrogens with one attached hydrogen (secondary N) is 1. The van der Waals surface area contributed by atoms with Crippen LogP contribution in [-0.2, 0) is 0 Å². The van der Waals surface area contributed by atoms with Crippen LogP contribution in [-0.4, -0.2) is 19.7 Å². The quantitative estimate of drug-likeness (QED) is 0.818. The van der Waals surface area contributed by atoms with Crippen molar-refractivity contribution < 1.29 is 9.13 Å². The number of rotatable bonds is 5. The van der Waals surface area contributed by atoms with E-state index < -0.39 is 0 Å². The van der Waals surface area contributed by atoms with E-state index in [2.05, 4.69) is 26.1 Å². The molecule has 0 aliphatic heterocycles. The number of ether oxygens (including phenoxy) is 1. The summed E-state index contributed by atoms with van der Waals surface area (Å²) in [7, 11) is 0. The Morgan fingerprint density at radius 1 is 1.35 bits per heavy atom. The third-order valence-electron chi connectivity index (χ3n) is 2.09. The Balaban J connectivity index is 2.27. The number of hydrogen-bond donors (Lipinski definition) is 1. The lowest BCUT2D eigenvalue weighted by Crippen LogP contribution is -2.30. The van der Waals surface area contributed by atoms with Crippen molar-refractivity contribution >= 4 is 11.6 Å². The summed E-state index contributed by atoms with van der Waals surface area (Å²) >= 11 is 5.83. The van der Waals surface area contributed by atoms with Crippen LogP contribution in [0.1, 0.15) is 20.8 Å². The van der Waals surface area contributed by atoms with Crippen molar-refractivity contribution in [3.63, 3.8) is 0 Å². The van der Waals surface area contributed by atoms with Crippen LogP contribution in [0.4, 0.5) is 4.39 Å². The molecule has 0 bridgehead atoms. The summed E-state index contributed by atoms with van der Waals surface area (Å²) in [6, 6.07) is 4.13. The van der Waals surface area contributed by atoms with Gasteiger partial charge < -0.3 is 10.1 Å². The molecular formula is C13H19ClFNO. The zero-order valence-electron chi connectivity index (χ0n) is 10.5. The second-order valence-corrected chi connectivity index (χ2v) is 5.57. The first kappa shape index (κ1) is 14.3. The van der Waals surface area contributed by atoms with Gasteiger partial charge in [0.25, 0.3) is 0 Å². The van der Waals surface area contributed by atoms with Gasteiger partial charge in [0.15, 0.2) is 0 Å². The standard InChI is InChI=1S/C13H19ClFNO/c1-13(2,3)9-16-6-7-17-12-5-4-10(15)8-11(12)14/h4-5,8,16H,6-7,9H2,1-3H3. The van der Waals surface area contributed by atoms with Crippen molar-refractivity contribution in [2.75, 3.05) is 19.7 Å². The van der Waals surface area contributed by atoms with Gasteiger partial charge >= 0.3 is 0 Å². The Morgan fingerprint density at radius 3 is 2.65 bits per heavy atom. The lowest BCUT2D eigenvalue weighted by molar-refractivity contribution is 0.297. The van der Waals surface area contributed by atoms with E-state index in [1.54, 1.807) is 6.07 Å². The summed E-state index contributed by atoms with van der Waals surface area (Å²) in [5.41, 5.74) is 0.257. The zero-order valence-corrected chi connectivity index (χ0v) is 11.3. The number of hydrogen-bond acceptors (Lipinski definition) is 2. The third kappa shape index (κ3) is 5.89.